The first-order valence-corrected chi connectivity index (χ1v) is 6.15. The van der Waals surface area contributed by atoms with Gasteiger partial charge in [0.15, 0.2) is 11.5 Å². The summed E-state index contributed by atoms with van der Waals surface area (Å²) in [4.78, 5) is 9.98. The second-order valence-electron chi connectivity index (χ2n) is 4.35. The van der Waals surface area contributed by atoms with Gasteiger partial charge >= 0.3 is 0 Å². The van der Waals surface area contributed by atoms with Gasteiger partial charge in [0.1, 0.15) is 5.82 Å². The zero-order valence-corrected chi connectivity index (χ0v) is 10.3. The number of anilines is 1. The Morgan fingerprint density at radius 1 is 1.22 bits per heavy atom. The molecule has 1 aliphatic heterocycles. The van der Waals surface area contributed by atoms with Crippen molar-refractivity contribution in [2.24, 2.45) is 0 Å². The Bertz CT molecular complexity index is 515. The molecule has 6 heteroatoms. The van der Waals surface area contributed by atoms with Gasteiger partial charge in [0.2, 0.25) is 0 Å². The first-order chi connectivity index (χ1) is 8.84. The molecule has 0 unspecified atom stereocenters. The molecule has 0 bridgehead atoms. The summed E-state index contributed by atoms with van der Waals surface area (Å²) in [7, 11) is 0. The maximum atomic E-state index is 4.56. The maximum absolute atomic E-state index is 4.56. The number of hydrogen-bond acceptors (Lipinski definition) is 5. The van der Waals surface area contributed by atoms with Gasteiger partial charge in [-0.1, -0.05) is 0 Å². The second kappa shape index (κ2) is 4.73. The molecule has 0 amide bonds. The third kappa shape index (κ3) is 2.06. The molecular weight excluding hydrogens is 228 g/mol. The molecule has 3 heterocycles. The second-order valence-corrected chi connectivity index (χ2v) is 4.35. The van der Waals surface area contributed by atoms with Gasteiger partial charge in [0.25, 0.3) is 0 Å². The summed E-state index contributed by atoms with van der Waals surface area (Å²) in [5.41, 5.74) is 1.79. The average Bonchev–Trinajstić information content (AvgIpc) is 2.93. The normalized spacial score (nSPS) is 15.9. The quantitative estimate of drug-likeness (QED) is 0.809. The van der Waals surface area contributed by atoms with Gasteiger partial charge in [-0.3, -0.25) is 0 Å². The van der Waals surface area contributed by atoms with Crippen molar-refractivity contribution in [1.29, 1.82) is 0 Å². The van der Waals surface area contributed by atoms with Crippen LogP contribution in [0.5, 0.6) is 0 Å². The largest absolute Gasteiger partial charge is 0.360 e. The van der Waals surface area contributed by atoms with E-state index in [1.54, 1.807) is 0 Å². The van der Waals surface area contributed by atoms with Crippen LogP contribution < -0.4 is 10.2 Å². The fourth-order valence-corrected chi connectivity index (χ4v) is 2.14. The predicted octanol–water partition coefficient (Wildman–Crippen LogP) is 0.585. The van der Waals surface area contributed by atoms with Crippen LogP contribution in [0.1, 0.15) is 5.82 Å². The summed E-state index contributed by atoms with van der Waals surface area (Å²) in [6.07, 6.45) is 1.89. The highest BCUT2D eigenvalue weighted by atomic mass is 15.3. The molecule has 94 valence electrons. The highest BCUT2D eigenvalue weighted by molar-refractivity contribution is 5.69. The number of nitrogens with zero attached hydrogens (tertiary/aromatic N) is 4. The number of aromatic amines is 1. The maximum Gasteiger partial charge on any atom is 0.160 e. The van der Waals surface area contributed by atoms with E-state index in [1.807, 2.05) is 25.3 Å². The topological polar surface area (TPSA) is 69.7 Å². The van der Waals surface area contributed by atoms with E-state index in [9.17, 15) is 0 Å². The Kier molecular flexibility index (Phi) is 2.93. The third-order valence-electron chi connectivity index (χ3n) is 3.04. The molecule has 0 saturated carbocycles. The van der Waals surface area contributed by atoms with Gasteiger partial charge in [0.05, 0.1) is 5.69 Å². The van der Waals surface area contributed by atoms with Gasteiger partial charge in [-0.15, -0.1) is 10.2 Å². The Morgan fingerprint density at radius 3 is 2.78 bits per heavy atom. The molecular formula is C12H16N6. The van der Waals surface area contributed by atoms with Gasteiger partial charge in [-0.25, -0.2) is 4.98 Å². The lowest BCUT2D eigenvalue weighted by Crippen LogP contribution is -2.44. The number of aromatic nitrogens is 4. The summed E-state index contributed by atoms with van der Waals surface area (Å²) in [6, 6.07) is 3.95. The zero-order chi connectivity index (χ0) is 12.4. The minimum atomic E-state index is 0.707. The number of aryl methyl sites for hydroxylation is 1. The molecule has 2 aromatic rings. The Balaban J connectivity index is 2.03. The Morgan fingerprint density at radius 2 is 2.06 bits per heavy atom. The summed E-state index contributed by atoms with van der Waals surface area (Å²) < 4.78 is 0. The van der Waals surface area contributed by atoms with Gasteiger partial charge in [-0.2, -0.15) is 0 Å². The van der Waals surface area contributed by atoms with E-state index >= 15 is 0 Å². The highest BCUT2D eigenvalue weighted by Crippen LogP contribution is 2.25. The van der Waals surface area contributed by atoms with Crippen LogP contribution in [0.4, 0.5) is 5.82 Å². The van der Waals surface area contributed by atoms with Crippen LogP contribution in [0.15, 0.2) is 18.3 Å². The van der Waals surface area contributed by atoms with Crippen molar-refractivity contribution in [2.45, 2.75) is 6.92 Å². The first kappa shape index (κ1) is 11.2. The number of hydrogen-bond donors (Lipinski definition) is 2. The standard InChI is InChI=1S/C12H16N6/c1-9-15-12(18-7-5-13-6-8-18)11(17-16-9)10-3-2-4-14-10/h2-4,13-14H,5-8H2,1H3. The van der Waals surface area contributed by atoms with Gasteiger partial charge in [-0.05, 0) is 19.1 Å². The molecule has 0 aromatic carbocycles. The van der Waals surface area contributed by atoms with Crippen LogP contribution in [0.2, 0.25) is 0 Å². The molecule has 1 fully saturated rings. The molecule has 2 N–H and O–H groups in total. The van der Waals surface area contributed by atoms with E-state index in [-0.39, 0.29) is 0 Å². The number of H-pyrrole nitrogens is 1. The van der Waals surface area contributed by atoms with Crippen molar-refractivity contribution >= 4 is 5.82 Å². The molecule has 0 atom stereocenters. The third-order valence-corrected chi connectivity index (χ3v) is 3.04. The van der Waals surface area contributed by atoms with Crippen molar-refractivity contribution in [3.8, 4) is 11.4 Å². The van der Waals surface area contributed by atoms with E-state index in [0.29, 0.717) is 5.82 Å². The average molecular weight is 244 g/mol. The molecule has 1 saturated heterocycles. The fraction of sp³-hybridized carbons (Fsp3) is 0.417. The molecule has 2 aromatic heterocycles. The van der Waals surface area contributed by atoms with E-state index < -0.39 is 0 Å². The first-order valence-electron chi connectivity index (χ1n) is 6.15. The molecule has 0 aliphatic carbocycles. The lowest BCUT2D eigenvalue weighted by Gasteiger charge is -2.29. The van der Waals surface area contributed by atoms with Crippen LogP contribution in [0.25, 0.3) is 11.4 Å². The predicted molar refractivity (Wildman–Crippen MR) is 69.4 cm³/mol. The van der Waals surface area contributed by atoms with Crippen LogP contribution in [-0.2, 0) is 0 Å². The minimum absolute atomic E-state index is 0.707. The van der Waals surface area contributed by atoms with Crippen LogP contribution in [0, 0.1) is 6.92 Å². The van der Waals surface area contributed by atoms with Crippen molar-refractivity contribution in [3.05, 3.63) is 24.2 Å². The van der Waals surface area contributed by atoms with Crippen LogP contribution in [-0.4, -0.2) is 46.3 Å². The SMILES string of the molecule is Cc1nnc(-c2ccc[nH]2)c(N2CCNCC2)n1. The number of rotatable bonds is 2. The molecule has 0 radical (unpaired) electrons. The van der Waals surface area contributed by atoms with Crippen molar-refractivity contribution < 1.29 is 0 Å². The zero-order valence-electron chi connectivity index (χ0n) is 10.3. The summed E-state index contributed by atoms with van der Waals surface area (Å²) >= 11 is 0. The molecule has 3 rings (SSSR count). The van der Waals surface area contributed by atoms with Gasteiger partial charge < -0.3 is 15.2 Å². The van der Waals surface area contributed by atoms with Crippen LogP contribution in [0.3, 0.4) is 0 Å². The molecule has 6 nitrogen and oxygen atoms in total. The minimum Gasteiger partial charge on any atom is -0.360 e. The van der Waals surface area contributed by atoms with Crippen molar-refractivity contribution in [3.63, 3.8) is 0 Å². The fourth-order valence-electron chi connectivity index (χ4n) is 2.14. The summed E-state index contributed by atoms with van der Waals surface area (Å²) in [5, 5.41) is 11.7. The van der Waals surface area contributed by atoms with Gasteiger partial charge in [0, 0.05) is 32.4 Å². The van der Waals surface area contributed by atoms with Crippen molar-refractivity contribution in [2.75, 3.05) is 31.1 Å². The number of piperazine rings is 1. The Hall–Kier alpha value is -1.95. The van der Waals surface area contributed by atoms with E-state index in [2.05, 4.69) is 30.4 Å². The molecule has 1 aliphatic rings. The Labute approximate surface area is 105 Å². The highest BCUT2D eigenvalue weighted by Gasteiger charge is 2.19. The molecule has 0 spiro atoms. The monoisotopic (exact) mass is 244 g/mol. The lowest BCUT2D eigenvalue weighted by atomic mass is 10.2. The van der Waals surface area contributed by atoms with E-state index in [1.165, 1.54) is 0 Å². The lowest BCUT2D eigenvalue weighted by molar-refractivity contribution is 0.583. The van der Waals surface area contributed by atoms with E-state index in [4.69, 9.17) is 0 Å². The van der Waals surface area contributed by atoms with E-state index in [0.717, 1.165) is 43.4 Å². The smallest absolute Gasteiger partial charge is 0.160 e. The van der Waals surface area contributed by atoms with Crippen LogP contribution >= 0.6 is 0 Å². The molecule has 18 heavy (non-hydrogen) atoms. The summed E-state index contributed by atoms with van der Waals surface area (Å²) in [5.74, 6) is 1.63. The number of nitrogens with one attached hydrogen (secondary N) is 2. The summed E-state index contributed by atoms with van der Waals surface area (Å²) in [6.45, 7) is 5.73. The van der Waals surface area contributed by atoms with Crippen molar-refractivity contribution in [1.82, 2.24) is 25.5 Å².